The van der Waals surface area contributed by atoms with Crippen LogP contribution in [0.5, 0.6) is 23.0 Å². The number of nitrogens with one attached hydrogen (secondary N) is 2. The Kier molecular flexibility index (Phi) is 6.58. The molecule has 2 aliphatic rings. The Morgan fingerprint density at radius 1 is 0.514 bits per heavy atom. The van der Waals surface area contributed by atoms with Gasteiger partial charge in [-0.2, -0.15) is 0 Å². The van der Waals surface area contributed by atoms with Crippen molar-refractivity contribution in [2.24, 2.45) is 0 Å². The Hall–Kier alpha value is -3.78. The smallest absolute Gasteiger partial charge is 0.322 e. The van der Waals surface area contributed by atoms with Crippen molar-refractivity contribution in [2.75, 3.05) is 10.6 Å². The van der Waals surface area contributed by atoms with E-state index in [9.17, 15) is 20.4 Å². The minimum absolute atomic E-state index is 0. The molecule has 0 radical (unpaired) electrons. The van der Waals surface area contributed by atoms with Crippen LogP contribution in [0.1, 0.15) is 11.1 Å². The SMILES string of the molecule is Oc1ccccc1C1(O)Nc2ccccc2O1.Oc1ccccc1C1(O)Nc2ccccc2O1.[Zn]. The minimum Gasteiger partial charge on any atom is -0.507 e. The molecule has 0 aromatic heterocycles. The third-order valence-corrected chi connectivity index (χ3v) is 5.44. The first-order chi connectivity index (χ1) is 16.4. The van der Waals surface area contributed by atoms with Gasteiger partial charge >= 0.3 is 11.8 Å². The number of anilines is 2. The van der Waals surface area contributed by atoms with E-state index in [1.54, 1.807) is 60.7 Å². The number of para-hydroxylation sites is 6. The van der Waals surface area contributed by atoms with Crippen LogP contribution < -0.4 is 20.1 Å². The molecule has 174 valence electrons. The Morgan fingerprint density at radius 2 is 0.857 bits per heavy atom. The zero-order valence-corrected chi connectivity index (χ0v) is 21.5. The molecule has 4 aromatic carbocycles. The van der Waals surface area contributed by atoms with Gasteiger partial charge in [-0.25, -0.2) is 0 Å². The fourth-order valence-electron chi connectivity index (χ4n) is 3.82. The fraction of sp³-hybridized carbons (Fsp3) is 0.0769. The van der Waals surface area contributed by atoms with E-state index in [4.69, 9.17) is 9.47 Å². The van der Waals surface area contributed by atoms with Crippen molar-refractivity contribution < 1.29 is 49.4 Å². The predicted molar refractivity (Wildman–Crippen MR) is 125 cm³/mol. The van der Waals surface area contributed by atoms with Gasteiger partial charge in [0.1, 0.15) is 23.0 Å². The summed E-state index contributed by atoms with van der Waals surface area (Å²) in [4.78, 5) is 0. The van der Waals surface area contributed by atoms with E-state index in [0.29, 0.717) is 22.9 Å². The van der Waals surface area contributed by atoms with E-state index in [-0.39, 0.29) is 42.1 Å². The van der Waals surface area contributed by atoms with Gasteiger partial charge in [-0.05, 0) is 48.5 Å². The molecule has 0 aliphatic carbocycles. The van der Waals surface area contributed by atoms with Gasteiger partial charge in [-0.3, -0.25) is 0 Å². The second-order valence-corrected chi connectivity index (χ2v) is 7.77. The first-order valence-corrected chi connectivity index (χ1v) is 10.5. The second-order valence-electron chi connectivity index (χ2n) is 7.77. The van der Waals surface area contributed by atoms with E-state index in [1.807, 2.05) is 24.3 Å². The largest absolute Gasteiger partial charge is 0.507 e. The molecule has 0 amide bonds. The van der Waals surface area contributed by atoms with Crippen LogP contribution in [0.25, 0.3) is 0 Å². The van der Waals surface area contributed by atoms with E-state index in [0.717, 1.165) is 0 Å². The number of rotatable bonds is 2. The Bertz CT molecular complexity index is 1200. The van der Waals surface area contributed by atoms with E-state index >= 15 is 0 Å². The third-order valence-electron chi connectivity index (χ3n) is 5.44. The zero-order chi connectivity index (χ0) is 23.8. The van der Waals surface area contributed by atoms with Crippen LogP contribution >= 0.6 is 0 Å². The second kappa shape index (κ2) is 9.46. The average Bonchev–Trinajstić information content (AvgIpc) is 3.36. The van der Waals surface area contributed by atoms with Gasteiger partial charge in [0, 0.05) is 19.5 Å². The van der Waals surface area contributed by atoms with Crippen molar-refractivity contribution >= 4 is 11.4 Å². The molecule has 35 heavy (non-hydrogen) atoms. The molecule has 0 saturated heterocycles. The van der Waals surface area contributed by atoms with Crippen molar-refractivity contribution in [3.05, 3.63) is 108 Å². The molecule has 9 heteroatoms. The summed E-state index contributed by atoms with van der Waals surface area (Å²) in [5.74, 6) is -2.36. The Labute approximate surface area is 214 Å². The van der Waals surface area contributed by atoms with Gasteiger partial charge in [-0.1, -0.05) is 48.5 Å². The average molecular weight is 524 g/mol. The van der Waals surface area contributed by atoms with Crippen molar-refractivity contribution in [2.45, 2.75) is 11.8 Å². The molecular weight excluding hydrogens is 502 g/mol. The van der Waals surface area contributed by atoms with Crippen molar-refractivity contribution in [1.82, 2.24) is 0 Å². The summed E-state index contributed by atoms with van der Waals surface area (Å²) in [6.07, 6.45) is 0. The Balaban J connectivity index is 0.000000160. The summed E-state index contributed by atoms with van der Waals surface area (Å²) < 4.78 is 10.9. The van der Waals surface area contributed by atoms with Crippen LogP contribution in [0.3, 0.4) is 0 Å². The van der Waals surface area contributed by atoms with Crippen LogP contribution in [0.2, 0.25) is 0 Å². The summed E-state index contributed by atoms with van der Waals surface area (Å²) in [6, 6.07) is 27.4. The summed E-state index contributed by atoms with van der Waals surface area (Å²) in [7, 11) is 0. The van der Waals surface area contributed by atoms with E-state index in [1.165, 1.54) is 12.1 Å². The number of hydrogen-bond donors (Lipinski definition) is 6. The molecule has 0 spiro atoms. The number of phenols is 2. The molecule has 0 bridgehead atoms. The number of fused-ring (bicyclic) bond motifs is 2. The number of aromatic hydroxyl groups is 2. The van der Waals surface area contributed by atoms with Gasteiger partial charge < -0.3 is 40.5 Å². The fourth-order valence-corrected chi connectivity index (χ4v) is 3.82. The molecular formula is C26H22N2O6Zn. The molecule has 2 aliphatic heterocycles. The molecule has 2 unspecified atom stereocenters. The molecule has 2 heterocycles. The van der Waals surface area contributed by atoms with Gasteiger partial charge in [0.2, 0.25) is 0 Å². The molecule has 6 rings (SSSR count). The standard InChI is InChI=1S/2C13H11NO3.Zn/c2*15-11-7-3-1-5-9(11)13(16)14-10-6-2-4-8-12(10)17-13;/h2*1-8,14-16H;. The van der Waals surface area contributed by atoms with Crippen molar-refractivity contribution in [3.63, 3.8) is 0 Å². The monoisotopic (exact) mass is 522 g/mol. The molecule has 4 aromatic rings. The van der Waals surface area contributed by atoms with Gasteiger partial charge in [-0.15, -0.1) is 0 Å². The molecule has 0 fully saturated rings. The summed E-state index contributed by atoms with van der Waals surface area (Å²) in [5.41, 5.74) is 1.96. The zero-order valence-electron chi connectivity index (χ0n) is 18.6. The van der Waals surface area contributed by atoms with Gasteiger partial charge in [0.15, 0.2) is 0 Å². The van der Waals surface area contributed by atoms with E-state index in [2.05, 4.69) is 10.6 Å². The first-order valence-electron chi connectivity index (χ1n) is 10.5. The summed E-state index contributed by atoms with van der Waals surface area (Å²) >= 11 is 0. The molecule has 8 nitrogen and oxygen atoms in total. The first kappa shape index (κ1) is 24.4. The number of ether oxygens (including phenoxy) is 2. The van der Waals surface area contributed by atoms with Gasteiger partial charge in [0.25, 0.3) is 0 Å². The van der Waals surface area contributed by atoms with Crippen LogP contribution in [0.4, 0.5) is 11.4 Å². The third kappa shape index (κ3) is 4.62. The van der Waals surface area contributed by atoms with Crippen LogP contribution in [-0.2, 0) is 31.3 Å². The minimum atomic E-state index is -1.71. The normalized spacial score (nSPS) is 20.9. The molecule has 2 atom stereocenters. The molecule has 0 saturated carbocycles. The number of hydrogen-bond acceptors (Lipinski definition) is 8. The number of aliphatic hydroxyl groups is 2. The van der Waals surface area contributed by atoms with Crippen molar-refractivity contribution in [3.8, 4) is 23.0 Å². The Morgan fingerprint density at radius 3 is 1.23 bits per heavy atom. The number of benzene rings is 4. The number of phenolic OH excluding ortho intramolecular Hbond substituents is 2. The van der Waals surface area contributed by atoms with Gasteiger partial charge in [0.05, 0.1) is 22.5 Å². The maximum Gasteiger partial charge on any atom is 0.322 e. The van der Waals surface area contributed by atoms with Crippen LogP contribution in [-0.4, -0.2) is 20.4 Å². The predicted octanol–water partition coefficient (Wildman–Crippen LogP) is 4.00. The van der Waals surface area contributed by atoms with Crippen LogP contribution in [0.15, 0.2) is 97.1 Å². The quantitative estimate of drug-likeness (QED) is 0.218. The molecule has 6 N–H and O–H groups in total. The van der Waals surface area contributed by atoms with Crippen LogP contribution in [0, 0.1) is 0 Å². The van der Waals surface area contributed by atoms with Crippen molar-refractivity contribution in [1.29, 1.82) is 0 Å². The maximum atomic E-state index is 10.4. The maximum absolute atomic E-state index is 10.4. The summed E-state index contributed by atoms with van der Waals surface area (Å²) in [6.45, 7) is 0. The summed E-state index contributed by atoms with van der Waals surface area (Å²) in [5, 5.41) is 45.9. The topological polar surface area (TPSA) is 123 Å². The van der Waals surface area contributed by atoms with E-state index < -0.39 is 11.8 Å².